The first-order valence-electron chi connectivity index (χ1n) is 7.94. The molecule has 0 radical (unpaired) electrons. The fraction of sp³-hybridized carbons (Fsp3) is 0.375. The van der Waals surface area contributed by atoms with Gasteiger partial charge in [0.2, 0.25) is 0 Å². The monoisotopic (exact) mass is 416 g/mol. The first-order chi connectivity index (χ1) is 11.9. The van der Waals surface area contributed by atoms with Gasteiger partial charge in [-0.1, -0.05) is 11.6 Å². The second-order valence-corrected chi connectivity index (χ2v) is 8.79. The van der Waals surface area contributed by atoms with Crippen molar-refractivity contribution >= 4 is 39.8 Å². The van der Waals surface area contributed by atoms with E-state index in [-0.39, 0.29) is 29.0 Å². The van der Waals surface area contributed by atoms with Gasteiger partial charge in [-0.25, -0.2) is 8.42 Å². The molecule has 1 aromatic carbocycles. The van der Waals surface area contributed by atoms with E-state index >= 15 is 0 Å². The molecular weight excluding hydrogens is 399 g/mol. The van der Waals surface area contributed by atoms with E-state index < -0.39 is 15.9 Å². The van der Waals surface area contributed by atoms with Gasteiger partial charge in [-0.15, -0.1) is 12.4 Å². The summed E-state index contributed by atoms with van der Waals surface area (Å²) >= 11 is 6.04. The highest BCUT2D eigenvalue weighted by atomic mass is 35.5. The van der Waals surface area contributed by atoms with Crippen molar-refractivity contribution in [2.75, 3.05) is 19.3 Å². The van der Waals surface area contributed by atoms with Crippen LogP contribution in [0.3, 0.4) is 0 Å². The third-order valence-electron chi connectivity index (χ3n) is 4.84. The maximum absolute atomic E-state index is 13.0. The van der Waals surface area contributed by atoms with E-state index in [0.717, 1.165) is 24.2 Å². The average molecular weight is 417 g/mol. The third-order valence-corrected chi connectivity index (χ3v) is 6.87. The number of nitrogens with one attached hydrogen (secondary N) is 2. The van der Waals surface area contributed by atoms with Gasteiger partial charge in [0.15, 0.2) is 15.5 Å². The van der Waals surface area contributed by atoms with E-state index in [2.05, 4.69) is 15.5 Å². The number of carbonyl (C=O) groups is 1. The number of sulfone groups is 1. The molecule has 0 spiro atoms. The second-order valence-electron chi connectivity index (χ2n) is 6.35. The number of hydrogen-bond donors (Lipinski definition) is 2. The van der Waals surface area contributed by atoms with Crippen molar-refractivity contribution < 1.29 is 13.2 Å². The lowest BCUT2D eigenvalue weighted by atomic mass is 10.0. The van der Waals surface area contributed by atoms with Gasteiger partial charge in [0.25, 0.3) is 5.91 Å². The van der Waals surface area contributed by atoms with Crippen molar-refractivity contribution in [3.05, 3.63) is 45.7 Å². The summed E-state index contributed by atoms with van der Waals surface area (Å²) < 4.78 is 24.8. The van der Waals surface area contributed by atoms with Crippen LogP contribution in [0.25, 0.3) is 0 Å². The SMILES string of the molecule is CN(C(=O)c1n[nH]c2c1CNCC2)C1CS(=O)(=O)c2ccc(Cl)cc21.Cl. The Bertz CT molecular complexity index is 974. The first kappa shape index (κ1) is 19.2. The normalized spacial score (nSPS) is 20.0. The molecule has 1 amide bonds. The predicted octanol–water partition coefficient (Wildman–Crippen LogP) is 1.73. The van der Waals surface area contributed by atoms with Crippen LogP contribution in [0.15, 0.2) is 23.1 Å². The largest absolute Gasteiger partial charge is 0.332 e. The van der Waals surface area contributed by atoms with E-state index in [1.165, 1.54) is 11.0 Å². The predicted molar refractivity (Wildman–Crippen MR) is 99.6 cm³/mol. The molecule has 0 saturated carbocycles. The van der Waals surface area contributed by atoms with Crippen LogP contribution in [0.5, 0.6) is 0 Å². The van der Waals surface area contributed by atoms with Crippen LogP contribution in [0.1, 0.15) is 33.4 Å². The Morgan fingerprint density at radius 2 is 2.15 bits per heavy atom. The van der Waals surface area contributed by atoms with E-state index in [9.17, 15) is 13.2 Å². The van der Waals surface area contributed by atoms with Gasteiger partial charge < -0.3 is 10.2 Å². The van der Waals surface area contributed by atoms with Crippen molar-refractivity contribution in [2.24, 2.45) is 0 Å². The molecule has 2 N–H and O–H groups in total. The van der Waals surface area contributed by atoms with Crippen molar-refractivity contribution in [1.29, 1.82) is 0 Å². The third kappa shape index (κ3) is 3.00. The molecule has 2 aromatic rings. The standard InChI is InChI=1S/C16H17ClN4O3S.ClH/c1-21(16(22)15-11-7-18-5-4-12(11)19-20-15)13-8-25(23,24)14-3-2-9(17)6-10(13)14;/h2-3,6,13,18H,4-5,7-8H2,1H3,(H,19,20);1H. The van der Waals surface area contributed by atoms with Gasteiger partial charge in [0.1, 0.15) is 0 Å². The smallest absolute Gasteiger partial charge is 0.274 e. The summed E-state index contributed by atoms with van der Waals surface area (Å²) in [5.74, 6) is -0.440. The van der Waals surface area contributed by atoms with Crippen molar-refractivity contribution in [3.8, 4) is 0 Å². The van der Waals surface area contributed by atoms with Gasteiger partial charge in [0.05, 0.1) is 16.7 Å². The van der Waals surface area contributed by atoms with E-state index in [1.54, 1.807) is 19.2 Å². The zero-order chi connectivity index (χ0) is 17.8. The highest BCUT2D eigenvalue weighted by Crippen LogP contribution is 2.38. The van der Waals surface area contributed by atoms with E-state index in [1.807, 2.05) is 0 Å². The summed E-state index contributed by atoms with van der Waals surface area (Å²) in [6.45, 7) is 1.41. The van der Waals surface area contributed by atoms with Crippen LogP contribution in [0.4, 0.5) is 0 Å². The molecule has 0 bridgehead atoms. The highest BCUT2D eigenvalue weighted by molar-refractivity contribution is 7.91. The molecule has 10 heteroatoms. The molecule has 4 rings (SSSR count). The van der Waals surface area contributed by atoms with Gasteiger partial charge in [-0.2, -0.15) is 5.10 Å². The molecule has 3 heterocycles. The summed E-state index contributed by atoms with van der Waals surface area (Å²) in [7, 11) is -1.82. The molecule has 2 aliphatic heterocycles. The average Bonchev–Trinajstić information content (AvgIpc) is 3.12. The minimum atomic E-state index is -3.43. The zero-order valence-electron chi connectivity index (χ0n) is 14.0. The summed E-state index contributed by atoms with van der Waals surface area (Å²) in [6, 6.07) is 4.11. The summed E-state index contributed by atoms with van der Waals surface area (Å²) in [4.78, 5) is 14.7. The Morgan fingerprint density at radius 1 is 1.38 bits per heavy atom. The quantitative estimate of drug-likeness (QED) is 0.776. The number of nitrogens with zero attached hydrogens (tertiary/aromatic N) is 2. The minimum Gasteiger partial charge on any atom is -0.332 e. The van der Waals surface area contributed by atoms with Crippen molar-refractivity contribution in [3.63, 3.8) is 0 Å². The lowest BCUT2D eigenvalue weighted by Gasteiger charge is -2.24. The number of carbonyl (C=O) groups excluding carboxylic acids is 1. The number of hydrogen-bond acceptors (Lipinski definition) is 5. The van der Waals surface area contributed by atoms with Crippen LogP contribution in [0.2, 0.25) is 5.02 Å². The summed E-state index contributed by atoms with van der Waals surface area (Å²) in [5.41, 5.74) is 2.72. The minimum absolute atomic E-state index is 0. The lowest BCUT2D eigenvalue weighted by molar-refractivity contribution is 0.0738. The van der Waals surface area contributed by atoms with Crippen LogP contribution in [-0.2, 0) is 22.8 Å². The Labute approximate surface area is 162 Å². The molecule has 140 valence electrons. The number of aromatic amines is 1. The topological polar surface area (TPSA) is 95.2 Å². The fourth-order valence-corrected chi connectivity index (χ4v) is 5.49. The van der Waals surface area contributed by atoms with E-state index in [4.69, 9.17) is 11.6 Å². The van der Waals surface area contributed by atoms with Crippen LogP contribution < -0.4 is 5.32 Å². The summed E-state index contributed by atoms with van der Waals surface area (Å²) in [6.07, 6.45) is 0.787. The fourth-order valence-electron chi connectivity index (χ4n) is 3.48. The second kappa shape index (κ2) is 6.84. The lowest BCUT2D eigenvalue weighted by Crippen LogP contribution is -2.34. The van der Waals surface area contributed by atoms with Gasteiger partial charge >= 0.3 is 0 Å². The molecule has 0 aliphatic carbocycles. The molecule has 26 heavy (non-hydrogen) atoms. The van der Waals surface area contributed by atoms with Crippen molar-refractivity contribution in [1.82, 2.24) is 20.4 Å². The summed E-state index contributed by atoms with van der Waals surface area (Å²) in [5, 5.41) is 10.8. The number of aromatic nitrogens is 2. The molecule has 7 nitrogen and oxygen atoms in total. The maximum atomic E-state index is 13.0. The molecular formula is C16H18Cl2N4O3S. The van der Waals surface area contributed by atoms with Gasteiger partial charge in [0, 0.05) is 42.8 Å². The van der Waals surface area contributed by atoms with Crippen LogP contribution in [0, 0.1) is 0 Å². The molecule has 1 atom stereocenters. The first-order valence-corrected chi connectivity index (χ1v) is 9.97. The maximum Gasteiger partial charge on any atom is 0.274 e. The number of fused-ring (bicyclic) bond motifs is 2. The van der Waals surface area contributed by atoms with Crippen molar-refractivity contribution in [2.45, 2.75) is 23.9 Å². The number of H-pyrrole nitrogens is 1. The molecule has 1 aromatic heterocycles. The number of rotatable bonds is 2. The number of amides is 1. The van der Waals surface area contributed by atoms with Crippen LogP contribution >= 0.6 is 24.0 Å². The Kier molecular flexibility index (Phi) is 5.04. The Morgan fingerprint density at radius 3 is 2.92 bits per heavy atom. The van der Waals surface area contributed by atoms with Gasteiger partial charge in [-0.3, -0.25) is 9.89 Å². The number of benzene rings is 1. The molecule has 2 aliphatic rings. The highest BCUT2D eigenvalue weighted by Gasteiger charge is 2.39. The molecule has 0 fully saturated rings. The Balaban J connectivity index is 0.00000196. The number of halogens is 2. The molecule has 0 saturated heterocycles. The van der Waals surface area contributed by atoms with E-state index in [0.29, 0.717) is 22.8 Å². The van der Waals surface area contributed by atoms with Gasteiger partial charge in [-0.05, 0) is 23.8 Å². The zero-order valence-corrected chi connectivity index (χ0v) is 16.3. The Hall–Kier alpha value is -1.61. The molecule has 1 unspecified atom stereocenters. The van der Waals surface area contributed by atoms with Crippen LogP contribution in [-0.4, -0.2) is 48.8 Å².